The van der Waals surface area contributed by atoms with Gasteiger partial charge in [0.05, 0.1) is 17.5 Å². The molecule has 7 heteroatoms. The molecule has 1 aromatic rings. The van der Waals surface area contributed by atoms with E-state index in [-0.39, 0.29) is 18.4 Å². The minimum Gasteiger partial charge on any atom is -0.392 e. The van der Waals surface area contributed by atoms with E-state index in [9.17, 15) is 9.59 Å². The second-order valence-corrected chi connectivity index (χ2v) is 4.97. The first-order valence-corrected chi connectivity index (χ1v) is 6.36. The van der Waals surface area contributed by atoms with Crippen LogP contribution in [0.25, 0.3) is 0 Å². The number of hydrogen-bond acceptors (Lipinski definition) is 5. The Morgan fingerprint density at radius 1 is 1.50 bits per heavy atom. The summed E-state index contributed by atoms with van der Waals surface area (Å²) in [6, 6.07) is 3.43. The molecule has 0 aliphatic heterocycles. The van der Waals surface area contributed by atoms with Crippen molar-refractivity contribution < 1.29 is 14.7 Å². The predicted octanol–water partition coefficient (Wildman–Crippen LogP) is -0.178. The van der Waals surface area contributed by atoms with Crippen molar-refractivity contribution in [1.82, 2.24) is 15.8 Å². The molecule has 0 bridgehead atoms. The molecular formula is C11H17N3O3S. The van der Waals surface area contributed by atoms with Gasteiger partial charge in [0, 0.05) is 6.54 Å². The molecule has 6 nitrogen and oxygen atoms in total. The van der Waals surface area contributed by atoms with Gasteiger partial charge < -0.3 is 5.11 Å². The minimum absolute atomic E-state index is 0.107. The van der Waals surface area contributed by atoms with Gasteiger partial charge in [-0.3, -0.25) is 25.3 Å². The van der Waals surface area contributed by atoms with Crippen LogP contribution in [0.1, 0.15) is 16.6 Å². The Hall–Kier alpha value is -1.44. The zero-order valence-corrected chi connectivity index (χ0v) is 11.2. The monoisotopic (exact) mass is 271 g/mol. The zero-order chi connectivity index (χ0) is 13.5. The summed E-state index contributed by atoms with van der Waals surface area (Å²) < 4.78 is 0. The van der Waals surface area contributed by atoms with Crippen molar-refractivity contribution in [3.05, 3.63) is 22.4 Å². The fourth-order valence-corrected chi connectivity index (χ4v) is 2.02. The van der Waals surface area contributed by atoms with Gasteiger partial charge in [-0.15, -0.1) is 11.3 Å². The molecule has 0 saturated carbocycles. The number of aliphatic hydroxyl groups is 1. The molecule has 0 radical (unpaired) electrons. The number of nitrogens with one attached hydrogen (secondary N) is 2. The van der Waals surface area contributed by atoms with Gasteiger partial charge in [-0.2, -0.15) is 0 Å². The number of likely N-dealkylation sites (N-methyl/N-ethyl adjacent to an activating group) is 1. The molecule has 0 aromatic carbocycles. The largest absolute Gasteiger partial charge is 0.392 e. The lowest BCUT2D eigenvalue weighted by Crippen LogP contribution is -2.46. The molecule has 1 unspecified atom stereocenters. The molecule has 0 aliphatic rings. The highest BCUT2D eigenvalue weighted by atomic mass is 32.1. The van der Waals surface area contributed by atoms with Gasteiger partial charge in [0.2, 0.25) is 0 Å². The minimum atomic E-state index is -0.497. The van der Waals surface area contributed by atoms with E-state index < -0.39 is 6.10 Å². The highest BCUT2D eigenvalue weighted by Gasteiger charge is 2.10. The summed E-state index contributed by atoms with van der Waals surface area (Å²) in [7, 11) is 1.72. The van der Waals surface area contributed by atoms with Gasteiger partial charge in [0.25, 0.3) is 11.8 Å². The van der Waals surface area contributed by atoms with E-state index in [0.29, 0.717) is 11.4 Å². The molecule has 18 heavy (non-hydrogen) atoms. The fraction of sp³-hybridized carbons (Fsp3) is 0.455. The Morgan fingerprint density at radius 2 is 2.22 bits per heavy atom. The molecule has 100 valence electrons. The molecule has 1 aromatic heterocycles. The summed E-state index contributed by atoms with van der Waals surface area (Å²) in [5.74, 6) is -0.667. The quantitative estimate of drug-likeness (QED) is 0.649. The molecule has 1 heterocycles. The van der Waals surface area contributed by atoms with Crippen molar-refractivity contribution >= 4 is 23.2 Å². The number of thiophene rings is 1. The maximum atomic E-state index is 11.5. The molecule has 0 saturated heterocycles. The SMILES string of the molecule is CC(O)CN(C)CC(=O)NNC(=O)c1cccs1. The normalized spacial score (nSPS) is 12.2. The van der Waals surface area contributed by atoms with Crippen molar-refractivity contribution in [3.63, 3.8) is 0 Å². The van der Waals surface area contributed by atoms with Crippen LogP contribution in [0, 0.1) is 0 Å². The molecule has 1 atom stereocenters. The molecular weight excluding hydrogens is 254 g/mol. The fourth-order valence-electron chi connectivity index (χ4n) is 1.40. The Bertz CT molecular complexity index is 392. The third kappa shape index (κ3) is 5.26. The number of nitrogens with zero attached hydrogens (tertiary/aromatic N) is 1. The third-order valence-corrected chi connectivity index (χ3v) is 2.92. The molecule has 1 rings (SSSR count). The van der Waals surface area contributed by atoms with Crippen molar-refractivity contribution in [3.8, 4) is 0 Å². The van der Waals surface area contributed by atoms with E-state index in [0.717, 1.165) is 0 Å². The van der Waals surface area contributed by atoms with Gasteiger partial charge in [-0.05, 0) is 25.4 Å². The maximum Gasteiger partial charge on any atom is 0.279 e. The van der Waals surface area contributed by atoms with Crippen LogP contribution >= 0.6 is 11.3 Å². The topological polar surface area (TPSA) is 81.7 Å². The Kier molecular flexibility index (Phi) is 5.76. The number of carbonyl (C=O) groups excluding carboxylic acids is 2. The highest BCUT2D eigenvalue weighted by molar-refractivity contribution is 7.12. The summed E-state index contributed by atoms with van der Waals surface area (Å²) in [5.41, 5.74) is 4.65. The third-order valence-electron chi connectivity index (χ3n) is 2.05. The summed E-state index contributed by atoms with van der Waals surface area (Å²) in [5, 5.41) is 10.9. The van der Waals surface area contributed by atoms with Crippen LogP contribution in [-0.4, -0.2) is 48.1 Å². The summed E-state index contributed by atoms with van der Waals surface area (Å²) in [4.78, 5) is 25.2. The van der Waals surface area contributed by atoms with Gasteiger partial charge in [0.1, 0.15) is 0 Å². The molecule has 0 spiro atoms. The first-order chi connectivity index (χ1) is 8.49. The van der Waals surface area contributed by atoms with E-state index in [1.54, 1.807) is 36.4 Å². The van der Waals surface area contributed by atoms with Gasteiger partial charge in [-0.1, -0.05) is 6.07 Å². The van der Waals surface area contributed by atoms with Crippen LogP contribution in [0.4, 0.5) is 0 Å². The van der Waals surface area contributed by atoms with E-state index in [1.165, 1.54) is 11.3 Å². The summed E-state index contributed by atoms with van der Waals surface area (Å²) >= 11 is 1.30. The van der Waals surface area contributed by atoms with Crippen LogP contribution in [0.3, 0.4) is 0 Å². The molecule has 3 N–H and O–H groups in total. The van der Waals surface area contributed by atoms with Crippen LogP contribution in [0.2, 0.25) is 0 Å². The van der Waals surface area contributed by atoms with Gasteiger partial charge >= 0.3 is 0 Å². The molecule has 2 amide bonds. The van der Waals surface area contributed by atoms with Crippen LogP contribution < -0.4 is 10.9 Å². The zero-order valence-electron chi connectivity index (χ0n) is 10.3. The van der Waals surface area contributed by atoms with E-state index in [1.807, 2.05) is 0 Å². The molecule has 0 aliphatic carbocycles. The summed E-state index contributed by atoms with van der Waals surface area (Å²) in [6.45, 7) is 2.15. The van der Waals surface area contributed by atoms with Crippen LogP contribution in [-0.2, 0) is 4.79 Å². The van der Waals surface area contributed by atoms with Crippen molar-refractivity contribution in [1.29, 1.82) is 0 Å². The maximum absolute atomic E-state index is 11.5. The van der Waals surface area contributed by atoms with Gasteiger partial charge in [-0.25, -0.2) is 0 Å². The molecule has 0 fully saturated rings. The van der Waals surface area contributed by atoms with Crippen LogP contribution in [0.5, 0.6) is 0 Å². The average Bonchev–Trinajstić information content (AvgIpc) is 2.77. The number of hydrazine groups is 1. The van der Waals surface area contributed by atoms with Crippen molar-refractivity contribution in [2.45, 2.75) is 13.0 Å². The van der Waals surface area contributed by atoms with Crippen molar-refractivity contribution in [2.24, 2.45) is 0 Å². The number of hydrogen-bond donors (Lipinski definition) is 3. The first kappa shape index (κ1) is 14.6. The Balaban J connectivity index is 2.27. The lowest BCUT2D eigenvalue weighted by molar-refractivity contribution is -0.122. The smallest absolute Gasteiger partial charge is 0.279 e. The van der Waals surface area contributed by atoms with E-state index in [4.69, 9.17) is 5.11 Å². The number of aliphatic hydroxyl groups excluding tert-OH is 1. The number of carbonyl (C=O) groups is 2. The highest BCUT2D eigenvalue weighted by Crippen LogP contribution is 2.06. The van der Waals surface area contributed by atoms with E-state index >= 15 is 0 Å². The first-order valence-electron chi connectivity index (χ1n) is 5.48. The standard InChI is InChI=1S/C11H17N3O3S/c1-8(15)6-14(2)7-10(16)12-13-11(17)9-4-3-5-18-9/h3-5,8,15H,6-7H2,1-2H3,(H,12,16)(H,13,17). The summed E-state index contributed by atoms with van der Waals surface area (Å²) in [6.07, 6.45) is -0.497. The Labute approximate surface area is 110 Å². The second kappa shape index (κ2) is 7.10. The average molecular weight is 271 g/mol. The van der Waals surface area contributed by atoms with E-state index in [2.05, 4.69) is 10.9 Å². The lowest BCUT2D eigenvalue weighted by Gasteiger charge is -2.17. The number of rotatable bonds is 5. The predicted molar refractivity (Wildman–Crippen MR) is 69.1 cm³/mol. The number of amides is 2. The van der Waals surface area contributed by atoms with Crippen molar-refractivity contribution in [2.75, 3.05) is 20.1 Å². The second-order valence-electron chi connectivity index (χ2n) is 4.03. The lowest BCUT2D eigenvalue weighted by atomic mass is 10.4. The Morgan fingerprint density at radius 3 is 2.78 bits per heavy atom. The van der Waals surface area contributed by atoms with Crippen LogP contribution in [0.15, 0.2) is 17.5 Å². The van der Waals surface area contributed by atoms with Gasteiger partial charge in [0.15, 0.2) is 0 Å².